The molecule has 1 amide bonds. The molecule has 2 heterocycles. The number of benzene rings is 1. The number of carbonyl (C=O) groups excluding carboxylic acids is 1. The summed E-state index contributed by atoms with van der Waals surface area (Å²) in [6.45, 7) is 5.04. The molecule has 1 aromatic carbocycles. The molecule has 2 aromatic rings. The standard InChI is InChI=1S/C19H24N4O2/c1-2-25-18-11-17(21-14-22-18)23-10-6-7-15(13-23)12-20-19(24)16-8-4-3-5-9-16/h3-5,8-9,11,14-15H,2,6-7,10,12-13H2,1H3,(H,20,24)/t15-/m0/s1. The van der Waals surface area contributed by atoms with Crippen molar-refractivity contribution in [2.24, 2.45) is 5.92 Å². The van der Waals surface area contributed by atoms with Crippen LogP contribution in [0, 0.1) is 5.92 Å². The van der Waals surface area contributed by atoms with Gasteiger partial charge in [-0.2, -0.15) is 0 Å². The fourth-order valence-electron chi connectivity index (χ4n) is 3.10. The van der Waals surface area contributed by atoms with E-state index in [0.29, 0.717) is 30.5 Å². The third-order valence-electron chi connectivity index (χ3n) is 4.35. The number of piperidine rings is 1. The molecule has 6 nitrogen and oxygen atoms in total. The molecule has 3 rings (SSSR count). The number of rotatable bonds is 6. The Bertz CT molecular complexity index is 693. The Hall–Kier alpha value is -2.63. The summed E-state index contributed by atoms with van der Waals surface area (Å²) in [4.78, 5) is 22.9. The Labute approximate surface area is 148 Å². The molecule has 0 radical (unpaired) electrons. The number of hydrogen-bond donors (Lipinski definition) is 1. The van der Waals surface area contributed by atoms with Gasteiger partial charge in [0, 0.05) is 31.3 Å². The smallest absolute Gasteiger partial charge is 0.251 e. The molecular formula is C19H24N4O2. The molecule has 6 heteroatoms. The third kappa shape index (κ3) is 4.68. The van der Waals surface area contributed by atoms with Gasteiger partial charge in [-0.1, -0.05) is 18.2 Å². The van der Waals surface area contributed by atoms with Crippen molar-refractivity contribution in [2.45, 2.75) is 19.8 Å². The number of nitrogens with one attached hydrogen (secondary N) is 1. The van der Waals surface area contributed by atoms with Crippen molar-refractivity contribution >= 4 is 11.7 Å². The highest BCUT2D eigenvalue weighted by atomic mass is 16.5. The first-order chi connectivity index (χ1) is 12.3. The summed E-state index contributed by atoms with van der Waals surface area (Å²) in [5.74, 6) is 1.88. The van der Waals surface area contributed by atoms with E-state index < -0.39 is 0 Å². The van der Waals surface area contributed by atoms with Crippen LogP contribution in [0.4, 0.5) is 5.82 Å². The van der Waals surface area contributed by atoms with E-state index in [1.807, 2.05) is 43.3 Å². The van der Waals surface area contributed by atoms with Crippen LogP contribution in [0.15, 0.2) is 42.7 Å². The van der Waals surface area contributed by atoms with Gasteiger partial charge in [-0.25, -0.2) is 9.97 Å². The maximum atomic E-state index is 12.2. The summed E-state index contributed by atoms with van der Waals surface area (Å²) in [7, 11) is 0. The topological polar surface area (TPSA) is 67.3 Å². The molecule has 1 saturated heterocycles. The van der Waals surface area contributed by atoms with Crippen LogP contribution in [-0.4, -0.2) is 42.1 Å². The Balaban J connectivity index is 1.56. The van der Waals surface area contributed by atoms with E-state index in [9.17, 15) is 4.79 Å². The minimum Gasteiger partial charge on any atom is -0.478 e. The van der Waals surface area contributed by atoms with Gasteiger partial charge in [0.1, 0.15) is 12.1 Å². The van der Waals surface area contributed by atoms with Crippen molar-refractivity contribution < 1.29 is 9.53 Å². The van der Waals surface area contributed by atoms with Gasteiger partial charge in [0.15, 0.2) is 0 Å². The van der Waals surface area contributed by atoms with Crippen LogP contribution in [0.1, 0.15) is 30.1 Å². The maximum Gasteiger partial charge on any atom is 0.251 e. The fourth-order valence-corrected chi connectivity index (χ4v) is 3.10. The summed E-state index contributed by atoms with van der Waals surface area (Å²) in [6, 6.07) is 11.2. The van der Waals surface area contributed by atoms with Gasteiger partial charge in [-0.05, 0) is 37.8 Å². The molecule has 0 saturated carbocycles. The number of amides is 1. The molecular weight excluding hydrogens is 316 g/mol. The van der Waals surface area contributed by atoms with Crippen molar-refractivity contribution in [3.05, 3.63) is 48.3 Å². The van der Waals surface area contributed by atoms with E-state index in [1.165, 1.54) is 0 Å². The van der Waals surface area contributed by atoms with Crippen LogP contribution in [-0.2, 0) is 0 Å². The molecule has 1 atom stereocenters. The van der Waals surface area contributed by atoms with Gasteiger partial charge in [0.25, 0.3) is 5.91 Å². The van der Waals surface area contributed by atoms with E-state index in [2.05, 4.69) is 20.2 Å². The molecule has 132 valence electrons. The first-order valence-corrected chi connectivity index (χ1v) is 8.79. The first-order valence-electron chi connectivity index (χ1n) is 8.79. The van der Waals surface area contributed by atoms with E-state index >= 15 is 0 Å². The van der Waals surface area contributed by atoms with Crippen molar-refractivity contribution in [1.82, 2.24) is 15.3 Å². The predicted molar refractivity (Wildman–Crippen MR) is 96.9 cm³/mol. The Morgan fingerprint density at radius 1 is 1.32 bits per heavy atom. The molecule has 1 N–H and O–H groups in total. The van der Waals surface area contributed by atoms with E-state index in [0.717, 1.165) is 31.7 Å². The molecule has 1 aromatic heterocycles. The second-order valence-electron chi connectivity index (χ2n) is 6.18. The highest BCUT2D eigenvalue weighted by Gasteiger charge is 2.22. The molecule has 0 bridgehead atoms. The molecule has 0 aliphatic carbocycles. The second-order valence-corrected chi connectivity index (χ2v) is 6.18. The van der Waals surface area contributed by atoms with Crippen molar-refractivity contribution in [3.8, 4) is 5.88 Å². The number of anilines is 1. The van der Waals surface area contributed by atoms with E-state index in [-0.39, 0.29) is 5.91 Å². The summed E-state index contributed by atoms with van der Waals surface area (Å²) in [5.41, 5.74) is 0.701. The summed E-state index contributed by atoms with van der Waals surface area (Å²) in [6.07, 6.45) is 3.73. The fraction of sp³-hybridized carbons (Fsp3) is 0.421. The number of aromatic nitrogens is 2. The van der Waals surface area contributed by atoms with Crippen molar-refractivity contribution in [1.29, 1.82) is 0 Å². The van der Waals surface area contributed by atoms with Crippen LogP contribution in [0.25, 0.3) is 0 Å². The average molecular weight is 340 g/mol. The number of hydrogen-bond acceptors (Lipinski definition) is 5. The summed E-state index contributed by atoms with van der Waals surface area (Å²) in [5, 5.41) is 3.05. The number of ether oxygens (including phenoxy) is 1. The molecule has 0 spiro atoms. The second kappa shape index (κ2) is 8.46. The van der Waals surface area contributed by atoms with Crippen molar-refractivity contribution in [3.63, 3.8) is 0 Å². The van der Waals surface area contributed by atoms with E-state index in [4.69, 9.17) is 4.74 Å². The van der Waals surface area contributed by atoms with Crippen molar-refractivity contribution in [2.75, 3.05) is 31.1 Å². The molecule has 1 aliphatic heterocycles. The monoisotopic (exact) mass is 340 g/mol. The van der Waals surface area contributed by atoms with E-state index in [1.54, 1.807) is 6.33 Å². The zero-order chi connectivity index (χ0) is 17.5. The lowest BCUT2D eigenvalue weighted by Crippen LogP contribution is -2.41. The normalized spacial score (nSPS) is 17.2. The highest BCUT2D eigenvalue weighted by molar-refractivity contribution is 5.94. The van der Waals surface area contributed by atoms with Gasteiger partial charge in [-0.15, -0.1) is 0 Å². The third-order valence-corrected chi connectivity index (χ3v) is 4.35. The summed E-state index contributed by atoms with van der Waals surface area (Å²) >= 11 is 0. The van der Waals surface area contributed by atoms with Gasteiger partial charge in [0.05, 0.1) is 6.61 Å². The first kappa shape index (κ1) is 17.2. The molecule has 1 aliphatic rings. The minimum atomic E-state index is -0.0154. The quantitative estimate of drug-likeness (QED) is 0.875. The lowest BCUT2D eigenvalue weighted by molar-refractivity contribution is 0.0945. The number of nitrogens with zero attached hydrogens (tertiary/aromatic N) is 3. The average Bonchev–Trinajstić information content (AvgIpc) is 2.67. The molecule has 1 fully saturated rings. The Morgan fingerprint density at radius 2 is 2.16 bits per heavy atom. The Morgan fingerprint density at radius 3 is 2.96 bits per heavy atom. The van der Waals surface area contributed by atoms with Crippen LogP contribution < -0.4 is 15.0 Å². The Kier molecular flexibility index (Phi) is 5.82. The summed E-state index contributed by atoms with van der Waals surface area (Å²) < 4.78 is 5.46. The van der Waals surface area contributed by atoms with Crippen LogP contribution in [0.2, 0.25) is 0 Å². The number of carbonyl (C=O) groups is 1. The lowest BCUT2D eigenvalue weighted by atomic mass is 9.98. The predicted octanol–water partition coefficient (Wildman–Crippen LogP) is 2.52. The zero-order valence-electron chi connectivity index (χ0n) is 14.5. The van der Waals surface area contributed by atoms with Gasteiger partial charge >= 0.3 is 0 Å². The van der Waals surface area contributed by atoms with Crippen LogP contribution >= 0.6 is 0 Å². The minimum absolute atomic E-state index is 0.0154. The van der Waals surface area contributed by atoms with Gasteiger partial charge in [-0.3, -0.25) is 4.79 Å². The van der Waals surface area contributed by atoms with Crippen LogP contribution in [0.3, 0.4) is 0 Å². The SMILES string of the molecule is CCOc1cc(N2CCC[C@@H](CNC(=O)c3ccccc3)C2)ncn1. The van der Waals surface area contributed by atoms with Gasteiger partial charge < -0.3 is 15.0 Å². The van der Waals surface area contributed by atoms with Gasteiger partial charge in [0.2, 0.25) is 5.88 Å². The molecule has 0 unspecified atom stereocenters. The molecule has 25 heavy (non-hydrogen) atoms. The lowest BCUT2D eigenvalue weighted by Gasteiger charge is -2.33. The van der Waals surface area contributed by atoms with Crippen LogP contribution in [0.5, 0.6) is 5.88 Å². The largest absolute Gasteiger partial charge is 0.478 e. The maximum absolute atomic E-state index is 12.2. The zero-order valence-corrected chi connectivity index (χ0v) is 14.5. The highest BCUT2D eigenvalue weighted by Crippen LogP contribution is 2.23.